The predicted octanol–water partition coefficient (Wildman–Crippen LogP) is 20.0. The molecule has 0 saturated carbocycles. The molecule has 0 aromatic rings. The maximum absolute atomic E-state index is 11.4. The van der Waals surface area contributed by atoms with Gasteiger partial charge in [-0.15, -0.1) is 0 Å². The molecule has 2 N–H and O–H groups in total. The van der Waals surface area contributed by atoms with Crippen LogP contribution in [0.25, 0.3) is 0 Å². The molecule has 0 bridgehead atoms. The highest BCUT2D eigenvalue weighted by Gasteiger charge is 2.32. The Kier molecular flexibility index (Phi) is 73.0. The molecule has 0 aromatic carbocycles. The van der Waals surface area contributed by atoms with Gasteiger partial charge >= 0.3 is 0 Å². The zero-order valence-electron chi connectivity index (χ0n) is 80.9. The van der Waals surface area contributed by atoms with E-state index in [1.54, 1.807) is 132 Å². The van der Waals surface area contributed by atoms with E-state index in [0.29, 0.717) is 41.0 Å². The molecule has 660 valence electrons. The van der Waals surface area contributed by atoms with Gasteiger partial charge in [0.15, 0.2) is 29.5 Å². The highest BCUT2D eigenvalue weighted by atomic mass is 32.2. The Bertz CT molecular complexity index is 2490. The van der Waals surface area contributed by atoms with Crippen LogP contribution in [0.5, 0.6) is 0 Å². The Hall–Kier alpha value is -0.220. The summed E-state index contributed by atoms with van der Waals surface area (Å²) in [6, 6.07) is 0. The van der Waals surface area contributed by atoms with Crippen LogP contribution in [0.15, 0.2) is 0 Å². The molecule has 18 nitrogen and oxygen atoms in total. The van der Waals surface area contributed by atoms with Crippen LogP contribution in [-0.2, 0) is 80.1 Å². The SMILES string of the molecule is CC(C)(C)S(C)(=O)=O.CC(C)(C)S(N)(=O)=O.CC(C)CC(C)(C)C.CC(C)S(=O)(=O)C(C)(C)C.CC(C)S(=O)C(C)(C)C.CCCC(C)(C)C.CCS(=O)(=O)C(C)(C)C.CCS(=O)C(C)(C)C.CN(C)CC(C)(C)C.CN(C)CCC(C)(C)C.COCC(COC)C(C)(C)C.COCN(COC)C(C)(C)C. The molecule has 2 atom stereocenters. The van der Waals surface area contributed by atoms with Gasteiger partial charge in [0.25, 0.3) is 0 Å². The van der Waals surface area contributed by atoms with Crippen LogP contribution in [-0.4, -0.2) is 215 Å². The van der Waals surface area contributed by atoms with E-state index >= 15 is 0 Å². The normalized spacial score (nSPS) is 13.6. The quantitative estimate of drug-likeness (QED) is 0.133. The summed E-state index contributed by atoms with van der Waals surface area (Å²) in [7, 11) is 2.01. The molecule has 0 radical (unpaired) electrons. The molecule has 0 aliphatic heterocycles. The Balaban J connectivity index is -0.0000000911. The van der Waals surface area contributed by atoms with E-state index in [1.165, 1.54) is 38.5 Å². The minimum atomic E-state index is -3.34. The summed E-state index contributed by atoms with van der Waals surface area (Å²) in [6.07, 6.45) is 6.50. The van der Waals surface area contributed by atoms with Gasteiger partial charge in [-0.25, -0.2) is 38.8 Å². The average Bonchev–Trinajstić information content (AvgIpc) is 0.833. The third-order valence-corrected chi connectivity index (χ3v) is 27.8. The Morgan fingerprint density at radius 3 is 0.802 bits per heavy atom. The van der Waals surface area contributed by atoms with Gasteiger partial charge in [-0.05, 0) is 246 Å². The summed E-state index contributed by atoms with van der Waals surface area (Å²) < 4.78 is 127. The number of nitrogens with two attached hydrogens (primary N) is 1. The number of ether oxygens (including phenoxy) is 4. The molecule has 24 heteroatoms. The number of hydrogen-bond acceptors (Lipinski definition) is 17. The lowest BCUT2D eigenvalue weighted by atomic mass is 9.82. The number of nitrogens with zero attached hydrogens (tertiary/aromatic N) is 3. The standard InChI is InChI=1S/C9H20O2.C8H19NO2.C8H19N.C8H18.C7H17N.C7H16O2S.C7H16OS.C7H16.C6H14O2S.C6H14OS.C5H12O2S.C4H11NO2S/c1-9(2,3)8(6-10-4)7-11-5;1-8(2,3)9(6-10-4)7-11-5;1-8(2,3)6-7-9(4)5;1-7(2)6-8(3,4)5;1-7(2,3)6-8(4)5;1-6(2)10(8,9)7(3,4)5;1-6(2)9(8)7(3,4)5;1-5-6-7(2,3)4;1-5-9(7,8)6(2,3)4;1-5-8(7)6(2,3)4;1-5(2,3)8(4,6)7;1-4(2,3)8(5,6)7/h8H,6-7H2,1-5H3;6-7H2,1-5H3;6-7H2,1-5H3;7H,6H2,1-5H3;6H2,1-5H3;6H,1-5H3;6H,1-5H3;5-6H2,1-4H3;5H2,1-4H3;5H2,1-4H3;1-4H3;1-3H3,(H2,5,6,7). The van der Waals surface area contributed by atoms with Crippen molar-refractivity contribution in [2.45, 2.75) is 382 Å². The summed E-state index contributed by atoms with van der Waals surface area (Å²) in [4.78, 5) is 6.54. The third-order valence-electron chi connectivity index (χ3n) is 14.3. The van der Waals surface area contributed by atoms with Crippen molar-refractivity contribution in [3.63, 3.8) is 0 Å². The second-order valence-electron chi connectivity index (χ2n) is 41.4. The smallest absolute Gasteiger partial charge is 0.214 e. The van der Waals surface area contributed by atoms with Crippen LogP contribution in [0.3, 0.4) is 0 Å². The minimum Gasteiger partial charge on any atom is -0.384 e. The van der Waals surface area contributed by atoms with Gasteiger partial charge in [-0.2, -0.15) is 0 Å². The second-order valence-corrected chi connectivity index (χ2v) is 58.0. The number of sulfonamides is 1. The first-order valence-electron chi connectivity index (χ1n) is 38.2. The van der Waals surface area contributed by atoms with Gasteiger partial charge < -0.3 is 28.7 Å². The van der Waals surface area contributed by atoms with E-state index in [-0.39, 0.29) is 36.7 Å². The van der Waals surface area contributed by atoms with E-state index in [2.05, 4.69) is 188 Å². The molecule has 0 rings (SSSR count). The number of sulfone groups is 3. The molecule has 0 aromatic heterocycles. The average molecular weight is 1650 g/mol. The Labute approximate surface area is 672 Å². The van der Waals surface area contributed by atoms with Crippen LogP contribution in [0, 0.1) is 38.9 Å². The van der Waals surface area contributed by atoms with E-state index in [0.717, 1.165) is 31.4 Å². The molecule has 0 fully saturated rings. The lowest BCUT2D eigenvalue weighted by molar-refractivity contribution is -0.0618. The maximum atomic E-state index is 11.4. The van der Waals surface area contributed by atoms with Crippen molar-refractivity contribution in [1.29, 1.82) is 0 Å². The maximum Gasteiger partial charge on any atom is 0.214 e. The second kappa shape index (κ2) is 58.6. The summed E-state index contributed by atoms with van der Waals surface area (Å²) in [5, 5.41) is 4.80. The summed E-state index contributed by atoms with van der Waals surface area (Å²) in [5.74, 6) is 2.33. The summed E-state index contributed by atoms with van der Waals surface area (Å²) in [6.45, 7) is 95.2. The van der Waals surface area contributed by atoms with Crippen molar-refractivity contribution >= 4 is 61.1 Å². The Morgan fingerprint density at radius 1 is 0.434 bits per heavy atom. The number of methoxy groups -OCH3 is 4. The lowest BCUT2D eigenvalue weighted by Crippen LogP contribution is -2.43. The third kappa shape index (κ3) is 96.2. The van der Waals surface area contributed by atoms with Crippen molar-refractivity contribution in [2.24, 2.45) is 44.0 Å². The molecule has 0 heterocycles. The zero-order chi connectivity index (χ0) is 89.5. The Morgan fingerprint density at radius 2 is 0.755 bits per heavy atom. The fourth-order valence-corrected chi connectivity index (χ4v) is 12.0. The fraction of sp³-hybridized carbons (Fsp3) is 1.00. The fourth-order valence-electron chi connectivity index (χ4n) is 7.45. The van der Waals surface area contributed by atoms with E-state index < -0.39 is 80.1 Å². The number of hydrogen-bond donors (Lipinski definition) is 1. The van der Waals surface area contributed by atoms with Crippen molar-refractivity contribution in [1.82, 2.24) is 14.7 Å². The number of primary sulfonamides is 1. The lowest BCUT2D eigenvalue weighted by Gasteiger charge is -2.33. The molecule has 0 aliphatic rings. The molecule has 2 unspecified atom stereocenters. The van der Waals surface area contributed by atoms with Gasteiger partial charge in [0.05, 0.1) is 37.5 Å². The molecule has 0 amide bonds. The molecular weight excluding hydrogens is 1460 g/mol. The predicted molar refractivity (Wildman–Crippen MR) is 478 cm³/mol. The highest BCUT2D eigenvalue weighted by molar-refractivity contribution is 7.93. The van der Waals surface area contributed by atoms with Crippen LogP contribution < -0.4 is 5.14 Å². The van der Waals surface area contributed by atoms with Crippen LogP contribution >= 0.6 is 0 Å². The van der Waals surface area contributed by atoms with Crippen LogP contribution in [0.1, 0.15) is 337 Å². The largest absolute Gasteiger partial charge is 0.384 e. The van der Waals surface area contributed by atoms with E-state index in [9.17, 15) is 42.1 Å². The highest BCUT2D eigenvalue weighted by Crippen LogP contribution is 2.27. The van der Waals surface area contributed by atoms with Gasteiger partial charge in [0.2, 0.25) is 10.0 Å². The van der Waals surface area contributed by atoms with Crippen molar-refractivity contribution < 1.29 is 61.0 Å². The molecule has 106 heavy (non-hydrogen) atoms. The monoisotopic (exact) mass is 1650 g/mol. The minimum absolute atomic E-state index is 0.0191. The van der Waals surface area contributed by atoms with Crippen LogP contribution in [0.4, 0.5) is 0 Å². The molecule has 0 spiro atoms. The molecular formula is C82H192N4O14S6. The summed E-state index contributed by atoms with van der Waals surface area (Å²) in [5.41, 5.74) is 2.38. The first-order valence-corrected chi connectivity index (χ1v) is 47.3. The van der Waals surface area contributed by atoms with E-state index in [4.69, 9.17) is 24.1 Å². The van der Waals surface area contributed by atoms with Crippen molar-refractivity contribution in [3.8, 4) is 0 Å². The number of rotatable bonds is 17. The van der Waals surface area contributed by atoms with Gasteiger partial charge in [0, 0.05) is 101 Å². The van der Waals surface area contributed by atoms with E-state index in [1.807, 2.05) is 62.3 Å². The summed E-state index contributed by atoms with van der Waals surface area (Å²) >= 11 is 0. The van der Waals surface area contributed by atoms with Crippen molar-refractivity contribution in [2.75, 3.05) is 114 Å². The van der Waals surface area contributed by atoms with Gasteiger partial charge in [-0.3, -0.25) is 13.3 Å². The van der Waals surface area contributed by atoms with Crippen LogP contribution in [0.2, 0.25) is 0 Å². The molecule has 0 saturated heterocycles. The first-order chi connectivity index (χ1) is 45.7. The topological polar surface area (TPSA) is 243 Å². The first kappa shape index (κ1) is 132. The van der Waals surface area contributed by atoms with Crippen molar-refractivity contribution in [3.05, 3.63) is 0 Å². The van der Waals surface area contributed by atoms with Gasteiger partial charge in [-0.1, -0.05) is 159 Å². The van der Waals surface area contributed by atoms with Gasteiger partial charge in [0.1, 0.15) is 13.5 Å². The molecule has 0 aliphatic carbocycles. The zero-order valence-corrected chi connectivity index (χ0v) is 85.8.